The summed E-state index contributed by atoms with van der Waals surface area (Å²) in [6, 6.07) is 19.6. The molecule has 3 aromatic rings. The predicted octanol–water partition coefficient (Wildman–Crippen LogP) is 4.35. The Balaban J connectivity index is 1.61. The lowest BCUT2D eigenvalue weighted by molar-refractivity contribution is 0.209. The highest BCUT2D eigenvalue weighted by Gasteiger charge is 2.28. The molecule has 0 amide bonds. The number of anilines is 1. The molecule has 0 radical (unpaired) electrons. The van der Waals surface area contributed by atoms with Crippen molar-refractivity contribution < 1.29 is 5.11 Å². The molecule has 138 valence electrons. The Bertz CT molecular complexity index is 895. The number of aromatic hydroxyl groups is 1. The van der Waals surface area contributed by atoms with Gasteiger partial charge in [-0.15, -0.1) is 0 Å². The van der Waals surface area contributed by atoms with Crippen LogP contribution in [-0.4, -0.2) is 41.2 Å². The number of aromatic nitrogens is 1. The van der Waals surface area contributed by atoms with Gasteiger partial charge in [-0.3, -0.25) is 9.88 Å². The molecular weight excluding hydrogens is 358 g/mol. The Kier molecular flexibility index (Phi) is 5.28. The van der Waals surface area contributed by atoms with Crippen LogP contribution in [0.5, 0.6) is 5.75 Å². The van der Waals surface area contributed by atoms with Gasteiger partial charge in [-0.25, -0.2) is 0 Å². The van der Waals surface area contributed by atoms with Crippen molar-refractivity contribution >= 4 is 17.3 Å². The van der Waals surface area contributed by atoms with Gasteiger partial charge in [-0.2, -0.15) is 0 Å². The Morgan fingerprint density at radius 1 is 0.889 bits per heavy atom. The summed E-state index contributed by atoms with van der Waals surface area (Å²) >= 11 is 6.26. The smallest absolute Gasteiger partial charge is 0.120 e. The molecule has 4 nitrogen and oxygen atoms in total. The zero-order chi connectivity index (χ0) is 18.6. The third kappa shape index (κ3) is 3.92. The number of halogens is 1. The van der Waals surface area contributed by atoms with E-state index in [9.17, 15) is 5.11 Å². The van der Waals surface area contributed by atoms with E-state index in [1.807, 2.05) is 60.9 Å². The number of hydrogen-bond donors (Lipinski definition) is 1. The molecule has 4 rings (SSSR count). The molecule has 1 N–H and O–H groups in total. The summed E-state index contributed by atoms with van der Waals surface area (Å²) in [6.45, 7) is 3.64. The Morgan fingerprint density at radius 3 is 2.33 bits per heavy atom. The maximum atomic E-state index is 10.5. The van der Waals surface area contributed by atoms with E-state index < -0.39 is 0 Å². The number of nitrogens with zero attached hydrogens (tertiary/aromatic N) is 3. The van der Waals surface area contributed by atoms with Crippen molar-refractivity contribution in [3.8, 4) is 5.75 Å². The minimum atomic E-state index is -0.0236. The monoisotopic (exact) mass is 379 g/mol. The molecule has 5 heteroatoms. The number of piperazine rings is 1. The summed E-state index contributed by atoms with van der Waals surface area (Å²) in [5.41, 5.74) is 3.21. The number of phenolic OH excluding ortho intramolecular Hbond substituents is 1. The van der Waals surface area contributed by atoms with Gasteiger partial charge in [0.05, 0.1) is 6.04 Å². The van der Waals surface area contributed by atoms with E-state index in [0.717, 1.165) is 37.3 Å². The van der Waals surface area contributed by atoms with E-state index >= 15 is 0 Å². The van der Waals surface area contributed by atoms with Crippen LogP contribution in [0.15, 0.2) is 73.1 Å². The second kappa shape index (κ2) is 7.99. The van der Waals surface area contributed by atoms with Crippen LogP contribution in [-0.2, 0) is 0 Å². The third-order valence-electron chi connectivity index (χ3n) is 5.10. The highest BCUT2D eigenvalue weighted by atomic mass is 35.5. The number of para-hydroxylation sites is 1. The van der Waals surface area contributed by atoms with Gasteiger partial charge in [0.1, 0.15) is 5.75 Å². The second-order valence-corrected chi connectivity index (χ2v) is 7.18. The molecule has 1 aromatic heterocycles. The number of pyridine rings is 1. The van der Waals surface area contributed by atoms with E-state index in [4.69, 9.17) is 11.6 Å². The topological polar surface area (TPSA) is 39.6 Å². The average molecular weight is 380 g/mol. The molecule has 1 atom stereocenters. The van der Waals surface area contributed by atoms with Crippen molar-refractivity contribution in [3.05, 3.63) is 89.2 Å². The van der Waals surface area contributed by atoms with Crippen LogP contribution in [0, 0.1) is 0 Å². The molecule has 0 spiro atoms. The van der Waals surface area contributed by atoms with Crippen LogP contribution in [0.1, 0.15) is 17.2 Å². The summed E-state index contributed by atoms with van der Waals surface area (Å²) in [5.74, 6) is 0.319. The maximum Gasteiger partial charge on any atom is 0.120 e. The van der Waals surface area contributed by atoms with Crippen molar-refractivity contribution in [3.63, 3.8) is 0 Å². The van der Waals surface area contributed by atoms with Crippen LogP contribution < -0.4 is 4.90 Å². The third-order valence-corrected chi connectivity index (χ3v) is 5.34. The molecule has 27 heavy (non-hydrogen) atoms. The minimum absolute atomic E-state index is 0.0236. The molecule has 1 fully saturated rings. The average Bonchev–Trinajstić information content (AvgIpc) is 2.71. The first kappa shape index (κ1) is 17.8. The molecule has 0 bridgehead atoms. The van der Waals surface area contributed by atoms with Gasteiger partial charge in [-0.1, -0.05) is 41.9 Å². The highest BCUT2D eigenvalue weighted by Crippen LogP contribution is 2.35. The number of hydrogen-bond acceptors (Lipinski definition) is 4. The van der Waals surface area contributed by atoms with Crippen LogP contribution >= 0.6 is 11.6 Å². The lowest BCUT2D eigenvalue weighted by atomic mass is 9.95. The summed E-state index contributed by atoms with van der Waals surface area (Å²) in [4.78, 5) is 8.89. The van der Waals surface area contributed by atoms with Crippen molar-refractivity contribution in [1.82, 2.24) is 9.88 Å². The van der Waals surface area contributed by atoms with Crippen molar-refractivity contribution in [2.75, 3.05) is 31.1 Å². The summed E-state index contributed by atoms with van der Waals surface area (Å²) in [7, 11) is 0. The van der Waals surface area contributed by atoms with E-state index in [2.05, 4.69) is 20.9 Å². The molecule has 1 unspecified atom stereocenters. The first-order valence-corrected chi connectivity index (χ1v) is 9.52. The zero-order valence-electron chi connectivity index (χ0n) is 15.0. The van der Waals surface area contributed by atoms with Crippen LogP contribution in [0.2, 0.25) is 5.02 Å². The number of rotatable bonds is 4. The van der Waals surface area contributed by atoms with Gasteiger partial charge in [0.25, 0.3) is 0 Å². The molecular formula is C22H22ClN3O. The lowest BCUT2D eigenvalue weighted by Gasteiger charge is -2.40. The van der Waals surface area contributed by atoms with Crippen LogP contribution in [0.3, 0.4) is 0 Å². The SMILES string of the molecule is Oc1ccccc1C(c1cccc(Cl)c1)N1CCN(c2ccncc2)CC1. The summed E-state index contributed by atoms with van der Waals surface area (Å²) in [5, 5.41) is 11.2. The molecule has 1 aliphatic rings. The fourth-order valence-corrected chi connectivity index (χ4v) is 3.97. The predicted molar refractivity (Wildman–Crippen MR) is 109 cm³/mol. The largest absolute Gasteiger partial charge is 0.508 e. The van der Waals surface area contributed by atoms with E-state index in [1.165, 1.54) is 5.69 Å². The summed E-state index contributed by atoms with van der Waals surface area (Å²) in [6.07, 6.45) is 3.66. The first-order valence-electron chi connectivity index (χ1n) is 9.15. The first-order chi connectivity index (χ1) is 13.2. The van der Waals surface area contributed by atoms with Gasteiger partial charge in [0.15, 0.2) is 0 Å². The minimum Gasteiger partial charge on any atom is -0.508 e. The summed E-state index contributed by atoms with van der Waals surface area (Å²) < 4.78 is 0. The molecule has 0 saturated carbocycles. The molecule has 1 saturated heterocycles. The fraction of sp³-hybridized carbons (Fsp3) is 0.227. The quantitative estimate of drug-likeness (QED) is 0.731. The Morgan fingerprint density at radius 2 is 1.63 bits per heavy atom. The zero-order valence-corrected chi connectivity index (χ0v) is 15.8. The van der Waals surface area contributed by atoms with Crippen molar-refractivity contribution in [2.45, 2.75) is 6.04 Å². The van der Waals surface area contributed by atoms with E-state index in [0.29, 0.717) is 10.8 Å². The molecule has 2 heterocycles. The molecule has 1 aliphatic heterocycles. The van der Waals surface area contributed by atoms with Gasteiger partial charge in [0.2, 0.25) is 0 Å². The van der Waals surface area contributed by atoms with Crippen molar-refractivity contribution in [1.29, 1.82) is 0 Å². The van der Waals surface area contributed by atoms with Crippen LogP contribution in [0.4, 0.5) is 5.69 Å². The highest BCUT2D eigenvalue weighted by molar-refractivity contribution is 6.30. The van der Waals surface area contributed by atoms with Crippen LogP contribution in [0.25, 0.3) is 0 Å². The fourth-order valence-electron chi connectivity index (χ4n) is 3.78. The normalized spacial score (nSPS) is 16.3. The maximum absolute atomic E-state index is 10.5. The number of benzene rings is 2. The standard InChI is InChI=1S/C22H22ClN3O/c23-18-5-3-4-17(16-18)22(20-6-1-2-7-21(20)27)26-14-12-25(13-15-26)19-8-10-24-11-9-19/h1-11,16,22,27H,12-15H2. The second-order valence-electron chi connectivity index (χ2n) is 6.74. The molecule has 2 aromatic carbocycles. The molecule has 0 aliphatic carbocycles. The van der Waals surface area contributed by atoms with E-state index in [-0.39, 0.29) is 6.04 Å². The van der Waals surface area contributed by atoms with Gasteiger partial charge in [0, 0.05) is 54.8 Å². The number of phenols is 1. The van der Waals surface area contributed by atoms with E-state index in [1.54, 1.807) is 6.07 Å². The Hall–Kier alpha value is -2.56. The van der Waals surface area contributed by atoms with Gasteiger partial charge >= 0.3 is 0 Å². The Labute approximate surface area is 164 Å². The van der Waals surface area contributed by atoms with Crippen molar-refractivity contribution in [2.24, 2.45) is 0 Å². The van der Waals surface area contributed by atoms with Gasteiger partial charge in [-0.05, 0) is 35.9 Å². The lowest BCUT2D eigenvalue weighted by Crippen LogP contribution is -2.48. The van der Waals surface area contributed by atoms with Gasteiger partial charge < -0.3 is 10.0 Å².